The topological polar surface area (TPSA) is 52.6 Å². The molecule has 31 aromatic carbocycles. The largest absolute Gasteiger partial charge is 0.465 e. The molecule has 9 aliphatic rings. The normalized spacial score (nSPS) is 23.4. The first-order valence-corrected chi connectivity index (χ1v) is 43.3. The van der Waals surface area contributed by atoms with Gasteiger partial charge in [0.05, 0.1) is 42.9 Å². The minimum atomic E-state index is -1.83. The number of hydrogen-bond donors (Lipinski definition) is 0. The van der Waals surface area contributed by atoms with Gasteiger partial charge in [0.2, 0.25) is 0 Å². The molecule has 4 nitrogen and oxygen atoms in total. The van der Waals surface area contributed by atoms with Crippen molar-refractivity contribution in [2.75, 3.05) is 29.6 Å². The van der Waals surface area contributed by atoms with Crippen LogP contribution in [-0.4, -0.2) is 41.6 Å². The van der Waals surface area contributed by atoms with Crippen molar-refractivity contribution in [3.8, 4) is 0 Å². The zero-order chi connectivity index (χ0) is 62.9. The van der Waals surface area contributed by atoms with E-state index in [-0.39, 0.29) is 13.2 Å². The van der Waals surface area contributed by atoms with Crippen molar-refractivity contribution in [1.82, 2.24) is 0 Å². The van der Waals surface area contributed by atoms with Crippen molar-refractivity contribution in [3.05, 3.63) is 97.7 Å². The van der Waals surface area contributed by atoms with Crippen molar-refractivity contribution >= 4 is 427 Å². The predicted octanol–water partition coefficient (Wildman–Crippen LogP) is 24.2. The molecule has 2 spiro atoms. The molecule has 0 saturated heterocycles. The molecule has 5 aliphatic carbocycles. The third kappa shape index (κ3) is 3.18. The van der Waals surface area contributed by atoms with Gasteiger partial charge in [0.25, 0.3) is 0 Å². The molecule has 0 amide bonds. The lowest BCUT2D eigenvalue weighted by atomic mass is 9.68. The van der Waals surface area contributed by atoms with Crippen LogP contribution in [0, 0.1) is 5.41 Å². The molecule has 0 N–H and O–H groups in total. The van der Waals surface area contributed by atoms with Gasteiger partial charge in [-0.3, -0.25) is 9.59 Å². The lowest BCUT2D eigenvalue weighted by Crippen LogP contribution is -2.38. The first kappa shape index (κ1) is 46.3. The molecule has 4 aliphatic heterocycles. The van der Waals surface area contributed by atoms with Crippen LogP contribution in [0.5, 0.6) is 0 Å². The summed E-state index contributed by atoms with van der Waals surface area (Å²) in [6, 6.07) is 16.2. The summed E-state index contributed by atoms with van der Waals surface area (Å²) in [5.41, 5.74) is 1.82. The van der Waals surface area contributed by atoms with Crippen molar-refractivity contribution in [3.63, 3.8) is 0 Å². The highest BCUT2D eigenvalue weighted by molar-refractivity contribution is 8.47. The molecule has 1 saturated carbocycles. The third-order valence-electron chi connectivity index (χ3n) is 31.3. The van der Waals surface area contributed by atoms with Crippen LogP contribution < -0.4 is 10.4 Å². The maximum atomic E-state index is 18.4. The maximum Gasteiger partial charge on any atom is 0.326 e. The second-order valence-corrected chi connectivity index (χ2v) is 43.1. The van der Waals surface area contributed by atoms with E-state index in [0.717, 1.165) is 28.6 Å². The first-order chi connectivity index (χ1) is 50.6. The van der Waals surface area contributed by atoms with E-state index < -0.39 is 28.2 Å². The Labute approximate surface area is 597 Å². The molecule has 40 rings (SSSR count). The maximum absolute atomic E-state index is 18.4. The van der Waals surface area contributed by atoms with E-state index >= 15 is 9.59 Å². The second-order valence-electron chi connectivity index (χ2n) is 33.0. The van der Waals surface area contributed by atoms with Crippen molar-refractivity contribution in [2.24, 2.45) is 5.41 Å². The highest BCUT2D eigenvalue weighted by Crippen LogP contribution is 2.97. The van der Waals surface area contributed by atoms with Gasteiger partial charge in [-0.05, 0) is 353 Å². The van der Waals surface area contributed by atoms with E-state index in [0.29, 0.717) is 0 Å². The van der Waals surface area contributed by atoms with E-state index in [1.165, 1.54) is 317 Å². The van der Waals surface area contributed by atoms with Crippen molar-refractivity contribution < 1.29 is 19.1 Å². The summed E-state index contributed by atoms with van der Waals surface area (Å²) in [6.07, 6.45) is 0. The fraction of sp³-hybridized carbons (Fsp3) is 0.111. The smallest absolute Gasteiger partial charge is 0.326 e. The van der Waals surface area contributed by atoms with E-state index in [4.69, 9.17) is 9.47 Å². The van der Waals surface area contributed by atoms with Gasteiger partial charge in [0, 0.05) is 33.4 Å². The lowest BCUT2D eigenvalue weighted by molar-refractivity contribution is -0.167. The molecule has 1 fully saturated rings. The van der Waals surface area contributed by atoms with Gasteiger partial charge in [-0.15, -0.1) is 47.0 Å². The van der Waals surface area contributed by atoms with Crippen molar-refractivity contribution in [1.29, 1.82) is 0 Å². The number of rotatable bonds is 5. The number of carbonyl (C=O) groups is 2. The number of thioether (sulfide) groups is 8. The monoisotopic (exact) mass is 1420 g/mol. The molecule has 31 aromatic rings. The molecular weight excluding hydrogens is 1400 g/mol. The van der Waals surface area contributed by atoms with E-state index in [1.54, 1.807) is 53.9 Å². The highest BCUT2D eigenvalue weighted by atomic mass is 32.3. The second kappa shape index (κ2) is 12.3. The van der Waals surface area contributed by atoms with Gasteiger partial charge in [-0.2, -0.15) is 0 Å². The summed E-state index contributed by atoms with van der Waals surface area (Å²) in [6.45, 7) is 2.14. The van der Waals surface area contributed by atoms with Gasteiger partial charge in [0.1, 0.15) is 6.61 Å². The average Bonchev–Trinajstić information content (AvgIpc) is 1.35. The van der Waals surface area contributed by atoms with Crippen LogP contribution in [-0.2, 0) is 36.5 Å². The van der Waals surface area contributed by atoms with Crippen LogP contribution in [0.25, 0.3) is 321 Å². The third-order valence-corrected chi connectivity index (χ3v) is 42.9. The summed E-state index contributed by atoms with van der Waals surface area (Å²) < 4.78 is 23.0. The van der Waals surface area contributed by atoms with Crippen LogP contribution in [0.15, 0.2) is 59.4 Å². The number of fused-ring (bicyclic) bond motifs is 2. The Morgan fingerprint density at radius 3 is 0.794 bits per heavy atom. The van der Waals surface area contributed by atoms with E-state index in [1.807, 2.05) is 101 Å². The summed E-state index contributed by atoms with van der Waals surface area (Å²) in [4.78, 5) is 36.1. The Hall–Kier alpha value is -8.40. The Kier molecular flexibility index (Phi) is 5.58. The molecule has 0 radical (unpaired) electrons. The van der Waals surface area contributed by atoms with Gasteiger partial charge in [-0.1, -0.05) is 83.4 Å². The van der Waals surface area contributed by atoms with Crippen LogP contribution in [0.3, 0.4) is 0 Å². The molecule has 4 heterocycles. The number of benzene rings is 21. The number of hydrogen-bond acceptors (Lipinski definition) is 12. The van der Waals surface area contributed by atoms with Crippen LogP contribution in [0.1, 0.15) is 34.7 Å². The summed E-state index contributed by atoms with van der Waals surface area (Å²) in [5, 5.41) is 87.2. The summed E-state index contributed by atoms with van der Waals surface area (Å²) in [7, 11) is 0. The van der Waals surface area contributed by atoms with Gasteiger partial charge < -0.3 is 9.47 Å². The van der Waals surface area contributed by atoms with Crippen LogP contribution >= 0.6 is 94.1 Å². The molecule has 0 aromatic heterocycles. The van der Waals surface area contributed by atoms with E-state index in [2.05, 4.69) is 42.5 Å². The molecule has 0 unspecified atom stereocenters. The quantitative estimate of drug-likeness (QED) is 0.0714. The summed E-state index contributed by atoms with van der Waals surface area (Å²) in [5.74, 6) is 3.68. The molecule has 102 heavy (non-hydrogen) atoms. The molecular formula is C90H22O4S8. The predicted molar refractivity (Wildman–Crippen MR) is 445 cm³/mol. The minimum absolute atomic E-state index is 0.0158. The fourth-order valence-corrected chi connectivity index (χ4v) is 42.3. The molecule has 12 heteroatoms. The molecule has 0 atom stereocenters. The highest BCUT2D eigenvalue weighted by Gasteiger charge is 3.01. The van der Waals surface area contributed by atoms with Crippen LogP contribution in [0.2, 0.25) is 0 Å². The Balaban J connectivity index is 0.719. The average molecular weight is 1420 g/mol. The van der Waals surface area contributed by atoms with Crippen LogP contribution in [0.4, 0.5) is 0 Å². The van der Waals surface area contributed by atoms with Crippen molar-refractivity contribution in [2.45, 2.75) is 24.4 Å². The van der Waals surface area contributed by atoms with Gasteiger partial charge >= 0.3 is 11.9 Å². The van der Waals surface area contributed by atoms with Gasteiger partial charge in [0.15, 0.2) is 5.41 Å². The Bertz CT molecular complexity index is 9070. The Morgan fingerprint density at radius 1 is 0.294 bits per heavy atom. The SMILES string of the molecule is CCOC(=O)C1(C(=O)OCc2ccc3c(=C4SC5=C(SCCS5)S4)c4ccccc4c(=C4SC5=C(SCCS5)S4)c3c2)C23c4c5c6c7c8c9c(c%10c%11c2c2c4c4c%12c5c5c6c6c8c8c%13c9c9c%10c%10c%11c%11c2c2c4c4c%12c%12c5c5c6c8c6c8c%13c9c9c%10c%10c%11c2c2c4c4c%12c5c6c5c8c9c%10c2c45)C713. The molecule has 0 bridgehead atoms. The zero-order valence-electron chi connectivity index (χ0n) is 52.2. The number of ether oxygens (including phenoxy) is 2. The standard InChI is InChI=1S/C90H22O4S8/c1-2-93-86(91)90(87(92)94-14-15-7-8-18-19(13-15)21(81-101-84-85(102-81)98-12-11-97-84)17-6-4-3-5-16(17)20(18)80-99-82-83(100-80)96-10-9-95-82)88-76-68-60-50-40-32-24-22-23-26-30-28(24)36-44-38(30)48-42-34(26)35-27(23)31-29-25(22)33(32)41-47-37(29)45-39(31)49-43(35)53-52(42)62-56(48)66-58(44)64(54(60)46(36)40)72(76)74(66)78-70(62)71-63(53)57(49)67-59(45)65-55(47)61(51(41)50)69(68)77(88)73(65)75(67)79(71)89(78,88)90/h3-8,13H,2,9-12,14H2,1H3. The zero-order valence-corrected chi connectivity index (χ0v) is 58.7. The fourth-order valence-electron chi connectivity index (χ4n) is 30.2. The summed E-state index contributed by atoms with van der Waals surface area (Å²) >= 11 is 15.9. The lowest BCUT2D eigenvalue weighted by Gasteiger charge is -2.32. The number of carbonyl (C=O) groups excluding carboxylic acids is 2. The first-order valence-electron chi connectivity index (χ1n) is 36.1. The van der Waals surface area contributed by atoms with E-state index in [9.17, 15) is 0 Å². The molecule has 454 valence electrons. The minimum Gasteiger partial charge on any atom is -0.465 e. The number of esters is 2. The van der Waals surface area contributed by atoms with Gasteiger partial charge in [-0.25, -0.2) is 0 Å². The Morgan fingerprint density at radius 2 is 0.529 bits per heavy atom.